The van der Waals surface area contributed by atoms with E-state index in [9.17, 15) is 14.4 Å². The van der Waals surface area contributed by atoms with Crippen molar-refractivity contribution in [2.45, 2.75) is 19.4 Å². The van der Waals surface area contributed by atoms with Crippen LogP contribution in [0.5, 0.6) is 0 Å². The van der Waals surface area contributed by atoms with Gasteiger partial charge in [-0.25, -0.2) is 0 Å². The molecule has 1 amide bonds. The summed E-state index contributed by atoms with van der Waals surface area (Å²) in [5.41, 5.74) is 1.56. The highest BCUT2D eigenvalue weighted by Gasteiger charge is 2.23. The molecular formula is C23H21ClN2O3S. The molecule has 1 aromatic heterocycles. The molecule has 3 aromatic rings. The number of thioether (sulfide) groups is 1. The van der Waals surface area contributed by atoms with E-state index in [2.05, 4.69) is 10.3 Å². The number of pyridine rings is 1. The number of carbonyl (C=O) groups is 2. The molecule has 30 heavy (non-hydrogen) atoms. The highest BCUT2D eigenvalue weighted by molar-refractivity contribution is 8.13. The van der Waals surface area contributed by atoms with Gasteiger partial charge in [-0.2, -0.15) is 0 Å². The van der Waals surface area contributed by atoms with Gasteiger partial charge >= 0.3 is 0 Å². The standard InChI is InChI=1S/C23H21ClN2O3S/c1-2-3-12-30-23(29)20(26-22(28)15-8-10-17(24)11-9-15)13-16-14-21(27)25-19-7-5-4-6-18(16)19/h2-11,14,20H,12-13H2,1H3,(H,25,27)(H,26,28)/b3-2+. The predicted octanol–water partition coefficient (Wildman–Crippen LogP) is 4.36. The number of carbonyl (C=O) groups excluding carboxylic acids is 2. The topological polar surface area (TPSA) is 79.0 Å². The zero-order valence-corrected chi connectivity index (χ0v) is 17.9. The number of halogens is 1. The van der Waals surface area contributed by atoms with Gasteiger partial charge in [0.1, 0.15) is 6.04 Å². The van der Waals surface area contributed by atoms with Gasteiger partial charge in [0.05, 0.1) is 0 Å². The largest absolute Gasteiger partial charge is 0.341 e. The summed E-state index contributed by atoms with van der Waals surface area (Å²) in [6, 6.07) is 14.6. The van der Waals surface area contributed by atoms with E-state index in [4.69, 9.17) is 11.6 Å². The first-order valence-corrected chi connectivity index (χ1v) is 10.8. The van der Waals surface area contributed by atoms with Crippen LogP contribution in [0, 0.1) is 0 Å². The number of aromatic amines is 1. The van der Waals surface area contributed by atoms with Crippen molar-refractivity contribution in [2.24, 2.45) is 0 Å². The van der Waals surface area contributed by atoms with E-state index < -0.39 is 6.04 Å². The fourth-order valence-electron chi connectivity index (χ4n) is 3.03. The Morgan fingerprint density at radius 2 is 1.90 bits per heavy atom. The van der Waals surface area contributed by atoms with Crippen molar-refractivity contribution < 1.29 is 9.59 Å². The molecule has 154 valence electrons. The number of fused-ring (bicyclic) bond motifs is 1. The van der Waals surface area contributed by atoms with Crippen LogP contribution < -0.4 is 10.9 Å². The van der Waals surface area contributed by atoms with Crippen molar-refractivity contribution in [3.8, 4) is 0 Å². The van der Waals surface area contributed by atoms with Crippen LogP contribution >= 0.6 is 23.4 Å². The molecule has 0 aliphatic heterocycles. The van der Waals surface area contributed by atoms with Gasteiger partial charge in [0, 0.05) is 39.7 Å². The van der Waals surface area contributed by atoms with Crippen molar-refractivity contribution in [3.63, 3.8) is 0 Å². The van der Waals surface area contributed by atoms with E-state index in [-0.39, 0.29) is 23.0 Å². The fourth-order valence-corrected chi connectivity index (χ4v) is 3.95. The average molecular weight is 441 g/mol. The van der Waals surface area contributed by atoms with Crippen LogP contribution in [0.3, 0.4) is 0 Å². The van der Waals surface area contributed by atoms with Crippen LogP contribution in [0.4, 0.5) is 0 Å². The number of hydrogen-bond donors (Lipinski definition) is 2. The molecule has 0 radical (unpaired) electrons. The normalized spacial score (nSPS) is 12.2. The van der Waals surface area contributed by atoms with Crippen molar-refractivity contribution in [1.29, 1.82) is 0 Å². The van der Waals surface area contributed by atoms with Crippen LogP contribution in [0.1, 0.15) is 22.8 Å². The van der Waals surface area contributed by atoms with Crippen LogP contribution in [0.2, 0.25) is 5.02 Å². The molecule has 0 saturated heterocycles. The lowest BCUT2D eigenvalue weighted by Crippen LogP contribution is -2.41. The van der Waals surface area contributed by atoms with Crippen LogP contribution in [0.25, 0.3) is 10.9 Å². The third-order valence-corrected chi connectivity index (χ3v) is 5.69. The Morgan fingerprint density at radius 3 is 2.63 bits per heavy atom. The number of rotatable bonds is 7. The monoisotopic (exact) mass is 440 g/mol. The van der Waals surface area contributed by atoms with E-state index in [1.54, 1.807) is 24.3 Å². The zero-order valence-electron chi connectivity index (χ0n) is 16.4. The number of hydrogen-bond acceptors (Lipinski definition) is 4. The Balaban J connectivity index is 1.89. The number of benzene rings is 2. The first kappa shape index (κ1) is 21.9. The third-order valence-electron chi connectivity index (χ3n) is 4.51. The lowest BCUT2D eigenvalue weighted by atomic mass is 10.0. The van der Waals surface area contributed by atoms with E-state index in [1.807, 2.05) is 43.3 Å². The Labute approximate surface area is 183 Å². The number of allylic oxidation sites excluding steroid dienone is 1. The van der Waals surface area contributed by atoms with E-state index >= 15 is 0 Å². The predicted molar refractivity (Wildman–Crippen MR) is 123 cm³/mol. The van der Waals surface area contributed by atoms with Crippen molar-refractivity contribution >= 4 is 45.3 Å². The quantitative estimate of drug-likeness (QED) is 0.535. The highest BCUT2D eigenvalue weighted by atomic mass is 35.5. The van der Waals surface area contributed by atoms with E-state index in [0.717, 1.165) is 17.1 Å². The second kappa shape index (κ2) is 10.3. The molecule has 0 spiro atoms. The van der Waals surface area contributed by atoms with Gasteiger partial charge in [-0.1, -0.05) is 53.7 Å². The molecule has 7 heteroatoms. The maximum atomic E-state index is 12.9. The Hall–Kier alpha value is -2.83. The van der Waals surface area contributed by atoms with Crippen LogP contribution in [0.15, 0.2) is 71.5 Å². The molecule has 2 N–H and O–H groups in total. The summed E-state index contributed by atoms with van der Waals surface area (Å²) in [6.45, 7) is 1.88. The smallest absolute Gasteiger partial charge is 0.251 e. The van der Waals surface area contributed by atoms with Gasteiger partial charge in [-0.3, -0.25) is 14.4 Å². The first-order chi connectivity index (χ1) is 14.5. The molecule has 2 aromatic carbocycles. The van der Waals surface area contributed by atoms with Gasteiger partial charge < -0.3 is 10.3 Å². The summed E-state index contributed by atoms with van der Waals surface area (Å²) < 4.78 is 0. The summed E-state index contributed by atoms with van der Waals surface area (Å²) in [4.78, 5) is 40.5. The molecular weight excluding hydrogens is 420 g/mol. The van der Waals surface area contributed by atoms with Crippen LogP contribution in [-0.2, 0) is 11.2 Å². The van der Waals surface area contributed by atoms with Crippen LogP contribution in [-0.4, -0.2) is 27.8 Å². The number of aromatic nitrogens is 1. The zero-order chi connectivity index (χ0) is 21.5. The minimum Gasteiger partial charge on any atom is -0.341 e. The summed E-state index contributed by atoms with van der Waals surface area (Å²) >= 11 is 7.02. The number of nitrogens with one attached hydrogen (secondary N) is 2. The highest BCUT2D eigenvalue weighted by Crippen LogP contribution is 2.19. The van der Waals surface area contributed by atoms with Gasteiger partial charge in [-0.05, 0) is 42.8 Å². The summed E-state index contributed by atoms with van der Waals surface area (Å²) in [7, 11) is 0. The molecule has 0 aliphatic rings. The molecule has 1 atom stereocenters. The molecule has 0 bridgehead atoms. The molecule has 5 nitrogen and oxygen atoms in total. The van der Waals surface area contributed by atoms with Gasteiger partial charge in [0.25, 0.3) is 5.91 Å². The Kier molecular flexibility index (Phi) is 7.49. The van der Waals surface area contributed by atoms with Gasteiger partial charge in [0.2, 0.25) is 10.7 Å². The second-order valence-electron chi connectivity index (χ2n) is 6.64. The minimum atomic E-state index is -0.784. The minimum absolute atomic E-state index is 0.167. The van der Waals surface area contributed by atoms with Gasteiger partial charge in [-0.15, -0.1) is 0 Å². The van der Waals surface area contributed by atoms with Crippen molar-refractivity contribution in [3.05, 3.63) is 93.3 Å². The lowest BCUT2D eigenvalue weighted by Gasteiger charge is -2.18. The maximum Gasteiger partial charge on any atom is 0.251 e. The Bertz CT molecular complexity index is 1140. The number of para-hydroxylation sites is 1. The molecule has 1 heterocycles. The average Bonchev–Trinajstić information content (AvgIpc) is 2.73. The first-order valence-electron chi connectivity index (χ1n) is 9.43. The van der Waals surface area contributed by atoms with Gasteiger partial charge in [0.15, 0.2) is 0 Å². The molecule has 0 saturated carbocycles. The van der Waals surface area contributed by atoms with Crippen molar-refractivity contribution in [1.82, 2.24) is 10.3 Å². The van der Waals surface area contributed by atoms with E-state index in [1.165, 1.54) is 6.07 Å². The molecule has 3 rings (SSSR count). The van der Waals surface area contributed by atoms with E-state index in [0.29, 0.717) is 27.4 Å². The fraction of sp³-hybridized carbons (Fsp3) is 0.174. The molecule has 0 fully saturated rings. The summed E-state index contributed by atoms with van der Waals surface area (Å²) in [5.74, 6) is 0.143. The second-order valence-corrected chi connectivity index (χ2v) is 8.10. The lowest BCUT2D eigenvalue weighted by molar-refractivity contribution is -0.112. The molecule has 1 unspecified atom stereocenters. The Morgan fingerprint density at radius 1 is 1.17 bits per heavy atom. The number of amides is 1. The summed E-state index contributed by atoms with van der Waals surface area (Å²) in [5, 5.41) is 4.02. The summed E-state index contributed by atoms with van der Waals surface area (Å²) in [6.07, 6.45) is 3.96. The number of H-pyrrole nitrogens is 1. The third kappa shape index (κ3) is 5.62. The maximum absolute atomic E-state index is 12.9. The molecule has 0 aliphatic carbocycles. The SMILES string of the molecule is C/C=C/CSC(=O)C(Cc1cc(=O)[nH]c2ccccc12)NC(=O)c1ccc(Cl)cc1. The van der Waals surface area contributed by atoms with Crippen molar-refractivity contribution in [2.75, 3.05) is 5.75 Å².